The van der Waals surface area contributed by atoms with Crippen molar-refractivity contribution >= 4 is 22.6 Å². The molecule has 0 aliphatic rings. The fourth-order valence-electron chi connectivity index (χ4n) is 1.75. The Kier molecular flexibility index (Phi) is 4.75. The second-order valence-electron chi connectivity index (χ2n) is 4.12. The Hall–Kier alpha value is -0.600. The van der Waals surface area contributed by atoms with Crippen LogP contribution in [0.25, 0.3) is 0 Å². The van der Waals surface area contributed by atoms with Crippen LogP contribution in [0.2, 0.25) is 0 Å². The van der Waals surface area contributed by atoms with Crippen LogP contribution >= 0.6 is 22.6 Å². The highest BCUT2D eigenvalue weighted by molar-refractivity contribution is 14.1. The van der Waals surface area contributed by atoms with Crippen molar-refractivity contribution in [3.8, 4) is 6.07 Å². The molecule has 0 spiro atoms. The van der Waals surface area contributed by atoms with Gasteiger partial charge in [-0.3, -0.25) is 0 Å². The number of rotatable bonds is 4. The van der Waals surface area contributed by atoms with E-state index in [2.05, 4.69) is 28.7 Å². The van der Waals surface area contributed by atoms with Crippen molar-refractivity contribution in [2.24, 2.45) is 5.92 Å². The smallest absolute Gasteiger partial charge is 0.103 e. The Bertz CT molecular complexity index is 378. The average molecular weight is 329 g/mol. The van der Waals surface area contributed by atoms with E-state index in [-0.39, 0.29) is 5.92 Å². The van der Waals surface area contributed by atoms with Gasteiger partial charge < -0.3 is 5.11 Å². The molecule has 2 nitrogen and oxygen atoms in total. The highest BCUT2D eigenvalue weighted by Crippen LogP contribution is 2.32. The zero-order valence-corrected chi connectivity index (χ0v) is 11.7. The van der Waals surface area contributed by atoms with Crippen LogP contribution in [0, 0.1) is 20.8 Å². The topological polar surface area (TPSA) is 44.0 Å². The lowest BCUT2D eigenvalue weighted by Crippen LogP contribution is -2.30. The van der Waals surface area contributed by atoms with E-state index < -0.39 is 5.60 Å². The molecule has 1 rings (SSSR count). The van der Waals surface area contributed by atoms with E-state index in [0.717, 1.165) is 22.0 Å². The van der Waals surface area contributed by atoms with Gasteiger partial charge in [0.05, 0.1) is 12.0 Å². The lowest BCUT2D eigenvalue weighted by Gasteiger charge is -2.28. The number of nitrogens with zero attached hydrogens (tertiary/aromatic N) is 1. The standard InChI is InChI=1S/C13H16INO/c1-3-4-11(9-15)13(2,16)10-5-7-12(14)8-6-10/h5-8,11,16H,3-4H2,1-2H3. The number of aliphatic hydroxyl groups is 1. The van der Waals surface area contributed by atoms with Gasteiger partial charge in [0.15, 0.2) is 0 Å². The molecule has 86 valence electrons. The summed E-state index contributed by atoms with van der Waals surface area (Å²) in [5.74, 6) is -0.349. The molecule has 0 radical (unpaired) electrons. The first kappa shape index (κ1) is 13.5. The number of nitriles is 1. The molecule has 16 heavy (non-hydrogen) atoms. The highest BCUT2D eigenvalue weighted by Gasteiger charge is 2.32. The van der Waals surface area contributed by atoms with Gasteiger partial charge in [-0.25, -0.2) is 0 Å². The third kappa shape index (κ3) is 2.96. The molecule has 0 heterocycles. The summed E-state index contributed by atoms with van der Waals surface area (Å²) in [4.78, 5) is 0. The Morgan fingerprint density at radius 1 is 1.44 bits per heavy atom. The second-order valence-corrected chi connectivity index (χ2v) is 5.37. The summed E-state index contributed by atoms with van der Waals surface area (Å²) in [5, 5.41) is 19.5. The van der Waals surface area contributed by atoms with E-state index in [9.17, 15) is 5.11 Å². The molecule has 2 atom stereocenters. The van der Waals surface area contributed by atoms with Crippen molar-refractivity contribution in [1.29, 1.82) is 5.26 Å². The first-order chi connectivity index (χ1) is 7.52. The van der Waals surface area contributed by atoms with Crippen molar-refractivity contribution < 1.29 is 5.11 Å². The van der Waals surface area contributed by atoms with Crippen LogP contribution in [0.3, 0.4) is 0 Å². The Labute approximate surface area is 110 Å². The van der Waals surface area contributed by atoms with E-state index in [1.54, 1.807) is 6.92 Å². The van der Waals surface area contributed by atoms with Gasteiger partial charge >= 0.3 is 0 Å². The van der Waals surface area contributed by atoms with Gasteiger partial charge in [-0.15, -0.1) is 0 Å². The van der Waals surface area contributed by atoms with Gasteiger partial charge in [-0.1, -0.05) is 25.5 Å². The fraction of sp³-hybridized carbons (Fsp3) is 0.462. The first-order valence-corrected chi connectivity index (χ1v) is 6.48. The summed E-state index contributed by atoms with van der Waals surface area (Å²) in [6.07, 6.45) is 1.62. The molecule has 1 aromatic rings. The molecule has 1 aromatic carbocycles. The molecule has 0 fully saturated rings. The van der Waals surface area contributed by atoms with Crippen molar-refractivity contribution in [2.75, 3.05) is 0 Å². The molecular formula is C13H16INO. The predicted octanol–water partition coefficient (Wildman–Crippen LogP) is 3.44. The number of hydrogen-bond donors (Lipinski definition) is 1. The molecule has 0 aliphatic carbocycles. The summed E-state index contributed by atoms with van der Waals surface area (Å²) in [6, 6.07) is 9.88. The molecular weight excluding hydrogens is 313 g/mol. The van der Waals surface area contributed by atoms with Gasteiger partial charge in [0.2, 0.25) is 0 Å². The maximum atomic E-state index is 10.4. The molecule has 0 aliphatic heterocycles. The predicted molar refractivity (Wildman–Crippen MR) is 72.7 cm³/mol. The zero-order chi connectivity index (χ0) is 12.2. The summed E-state index contributed by atoms with van der Waals surface area (Å²) in [5.41, 5.74) is -0.248. The van der Waals surface area contributed by atoms with Gasteiger partial charge in [-0.2, -0.15) is 5.26 Å². The average Bonchev–Trinajstić information content (AvgIpc) is 2.26. The van der Waals surface area contributed by atoms with Crippen LogP contribution in [-0.2, 0) is 5.60 Å². The molecule has 3 heteroatoms. The van der Waals surface area contributed by atoms with E-state index in [1.165, 1.54) is 0 Å². The van der Waals surface area contributed by atoms with E-state index >= 15 is 0 Å². The zero-order valence-electron chi connectivity index (χ0n) is 9.57. The van der Waals surface area contributed by atoms with Crippen molar-refractivity contribution in [3.63, 3.8) is 0 Å². The van der Waals surface area contributed by atoms with Gasteiger partial charge in [0.25, 0.3) is 0 Å². The molecule has 0 bridgehead atoms. The van der Waals surface area contributed by atoms with Crippen LogP contribution in [0.4, 0.5) is 0 Å². The summed E-state index contributed by atoms with van der Waals surface area (Å²) < 4.78 is 1.13. The second kappa shape index (κ2) is 5.65. The minimum atomic E-state index is -1.06. The Morgan fingerprint density at radius 2 is 2.00 bits per heavy atom. The minimum absolute atomic E-state index is 0.349. The van der Waals surface area contributed by atoms with Gasteiger partial charge in [0, 0.05) is 3.57 Å². The third-order valence-electron chi connectivity index (χ3n) is 2.84. The van der Waals surface area contributed by atoms with Crippen molar-refractivity contribution in [2.45, 2.75) is 32.3 Å². The highest BCUT2D eigenvalue weighted by atomic mass is 127. The van der Waals surface area contributed by atoms with E-state index in [4.69, 9.17) is 5.26 Å². The lowest BCUT2D eigenvalue weighted by atomic mass is 9.81. The van der Waals surface area contributed by atoms with Crippen LogP contribution in [0.15, 0.2) is 24.3 Å². The molecule has 0 aromatic heterocycles. The van der Waals surface area contributed by atoms with Crippen molar-refractivity contribution in [1.82, 2.24) is 0 Å². The van der Waals surface area contributed by atoms with E-state index in [0.29, 0.717) is 0 Å². The maximum absolute atomic E-state index is 10.4. The van der Waals surface area contributed by atoms with Crippen LogP contribution in [0.1, 0.15) is 32.3 Å². The molecule has 1 N–H and O–H groups in total. The monoisotopic (exact) mass is 329 g/mol. The summed E-state index contributed by atoms with van der Waals surface area (Å²) >= 11 is 2.22. The van der Waals surface area contributed by atoms with Crippen LogP contribution in [-0.4, -0.2) is 5.11 Å². The molecule has 2 unspecified atom stereocenters. The molecule has 0 amide bonds. The van der Waals surface area contributed by atoms with E-state index in [1.807, 2.05) is 31.2 Å². The molecule has 0 saturated carbocycles. The maximum Gasteiger partial charge on any atom is 0.103 e. The lowest BCUT2D eigenvalue weighted by molar-refractivity contribution is 0.0130. The Balaban J connectivity index is 3.00. The minimum Gasteiger partial charge on any atom is -0.384 e. The summed E-state index contributed by atoms with van der Waals surface area (Å²) in [6.45, 7) is 3.74. The first-order valence-electron chi connectivity index (χ1n) is 5.40. The van der Waals surface area contributed by atoms with Crippen LogP contribution in [0.5, 0.6) is 0 Å². The number of benzene rings is 1. The normalized spacial score (nSPS) is 16.2. The quantitative estimate of drug-likeness (QED) is 0.860. The fourth-order valence-corrected chi connectivity index (χ4v) is 2.11. The Morgan fingerprint density at radius 3 is 2.44 bits per heavy atom. The van der Waals surface area contributed by atoms with Crippen LogP contribution < -0.4 is 0 Å². The largest absolute Gasteiger partial charge is 0.384 e. The number of hydrogen-bond acceptors (Lipinski definition) is 2. The van der Waals surface area contributed by atoms with Gasteiger partial charge in [0.1, 0.15) is 5.60 Å². The summed E-state index contributed by atoms with van der Waals surface area (Å²) in [7, 11) is 0. The SMILES string of the molecule is CCCC(C#N)C(C)(O)c1ccc(I)cc1. The third-order valence-corrected chi connectivity index (χ3v) is 3.56. The molecule has 0 saturated heterocycles. The number of halogens is 1. The van der Waals surface area contributed by atoms with Crippen molar-refractivity contribution in [3.05, 3.63) is 33.4 Å². The van der Waals surface area contributed by atoms with Gasteiger partial charge in [-0.05, 0) is 53.6 Å².